The minimum absolute atomic E-state index is 0.235. The van der Waals surface area contributed by atoms with Crippen molar-refractivity contribution in [2.24, 2.45) is 5.92 Å². The molecule has 0 amide bonds. The number of nitrogens with zero attached hydrogens (tertiary/aromatic N) is 4. The molecule has 0 unspecified atom stereocenters. The number of benzene rings is 1. The lowest BCUT2D eigenvalue weighted by Gasteiger charge is -2.28. The number of fused-ring (bicyclic) bond motifs is 1. The van der Waals surface area contributed by atoms with E-state index < -0.39 is 0 Å². The van der Waals surface area contributed by atoms with Crippen LogP contribution in [0.1, 0.15) is 31.7 Å². The molecule has 1 fully saturated rings. The lowest BCUT2D eigenvalue weighted by Crippen LogP contribution is -2.20. The molecular formula is C18H20N4O2. The van der Waals surface area contributed by atoms with E-state index in [9.17, 15) is 10.2 Å². The molecule has 2 aromatic heterocycles. The summed E-state index contributed by atoms with van der Waals surface area (Å²) in [6.45, 7) is 0.280. The smallest absolute Gasteiger partial charge is 0.197 e. The van der Waals surface area contributed by atoms with Gasteiger partial charge in [0.05, 0.1) is 18.2 Å². The van der Waals surface area contributed by atoms with Crippen molar-refractivity contribution in [3.63, 3.8) is 0 Å². The summed E-state index contributed by atoms with van der Waals surface area (Å²) in [5.74, 6) is 0.660. The van der Waals surface area contributed by atoms with Gasteiger partial charge in [0.15, 0.2) is 11.3 Å². The van der Waals surface area contributed by atoms with E-state index in [4.69, 9.17) is 4.98 Å². The van der Waals surface area contributed by atoms with Crippen LogP contribution in [-0.4, -0.2) is 36.3 Å². The number of aromatic hydroxyl groups is 1. The second-order valence-electron chi connectivity index (χ2n) is 6.46. The Morgan fingerprint density at radius 2 is 1.79 bits per heavy atom. The number of imidazole rings is 1. The molecule has 0 aliphatic heterocycles. The lowest BCUT2D eigenvalue weighted by atomic mass is 9.86. The molecule has 1 aliphatic rings. The number of phenols is 1. The molecule has 1 aliphatic carbocycles. The SMILES string of the molecule is OCC1CCC(n2cnc3ncc(-c4ccc(O)cc4)nc32)CC1. The Hall–Kier alpha value is -2.47. The molecule has 1 aromatic carbocycles. The fraction of sp³-hybridized carbons (Fsp3) is 0.389. The maximum atomic E-state index is 9.43. The molecule has 0 bridgehead atoms. The molecule has 1 saturated carbocycles. The normalized spacial score (nSPS) is 21.2. The highest BCUT2D eigenvalue weighted by Crippen LogP contribution is 2.33. The van der Waals surface area contributed by atoms with Crippen LogP contribution in [-0.2, 0) is 0 Å². The van der Waals surface area contributed by atoms with E-state index in [0.29, 0.717) is 17.6 Å². The molecular weight excluding hydrogens is 304 g/mol. The third kappa shape index (κ3) is 2.73. The zero-order valence-corrected chi connectivity index (χ0v) is 13.3. The van der Waals surface area contributed by atoms with Gasteiger partial charge in [0.1, 0.15) is 5.75 Å². The number of hydrogen-bond donors (Lipinski definition) is 2. The summed E-state index contributed by atoms with van der Waals surface area (Å²) in [5, 5.41) is 18.7. The second kappa shape index (κ2) is 6.20. The molecule has 0 atom stereocenters. The number of aliphatic hydroxyl groups excluding tert-OH is 1. The van der Waals surface area contributed by atoms with Crippen molar-refractivity contribution >= 4 is 11.3 Å². The molecule has 2 N–H and O–H groups in total. The average molecular weight is 324 g/mol. The van der Waals surface area contributed by atoms with Gasteiger partial charge < -0.3 is 14.8 Å². The zero-order valence-electron chi connectivity index (χ0n) is 13.3. The van der Waals surface area contributed by atoms with Crippen LogP contribution in [0, 0.1) is 5.92 Å². The quantitative estimate of drug-likeness (QED) is 0.774. The Kier molecular flexibility index (Phi) is 3.90. The van der Waals surface area contributed by atoms with E-state index >= 15 is 0 Å². The van der Waals surface area contributed by atoms with E-state index in [1.807, 2.05) is 18.5 Å². The van der Waals surface area contributed by atoms with Gasteiger partial charge in [0.25, 0.3) is 0 Å². The van der Waals surface area contributed by atoms with Crippen LogP contribution in [0.2, 0.25) is 0 Å². The van der Waals surface area contributed by atoms with Crippen LogP contribution in [0.15, 0.2) is 36.8 Å². The van der Waals surface area contributed by atoms with Crippen molar-refractivity contribution in [2.75, 3.05) is 6.61 Å². The van der Waals surface area contributed by atoms with Gasteiger partial charge in [-0.2, -0.15) is 0 Å². The maximum absolute atomic E-state index is 9.43. The molecule has 3 aromatic rings. The van der Waals surface area contributed by atoms with E-state index in [1.165, 1.54) is 0 Å². The highest BCUT2D eigenvalue weighted by Gasteiger charge is 2.23. The molecule has 4 rings (SSSR count). The minimum Gasteiger partial charge on any atom is -0.508 e. The number of aromatic nitrogens is 4. The first-order chi connectivity index (χ1) is 11.7. The van der Waals surface area contributed by atoms with Crippen LogP contribution in [0.3, 0.4) is 0 Å². The molecule has 0 spiro atoms. The topological polar surface area (TPSA) is 84.1 Å². The third-order valence-corrected chi connectivity index (χ3v) is 4.92. The lowest BCUT2D eigenvalue weighted by molar-refractivity contribution is 0.169. The fourth-order valence-corrected chi connectivity index (χ4v) is 3.45. The Bertz CT molecular complexity index is 836. The molecule has 0 saturated heterocycles. The number of aliphatic hydroxyl groups is 1. The summed E-state index contributed by atoms with van der Waals surface area (Å²) in [7, 11) is 0. The molecule has 6 heteroatoms. The Morgan fingerprint density at radius 1 is 1.04 bits per heavy atom. The predicted octanol–water partition coefficient (Wildman–Crippen LogP) is 2.92. The van der Waals surface area contributed by atoms with Gasteiger partial charge in [0, 0.05) is 18.2 Å². The Labute approximate surface area is 139 Å². The Morgan fingerprint density at radius 3 is 2.50 bits per heavy atom. The van der Waals surface area contributed by atoms with Gasteiger partial charge in [-0.15, -0.1) is 0 Å². The summed E-state index contributed by atoms with van der Waals surface area (Å²) >= 11 is 0. The van der Waals surface area contributed by atoms with Gasteiger partial charge in [-0.25, -0.2) is 15.0 Å². The summed E-state index contributed by atoms with van der Waals surface area (Å²) in [4.78, 5) is 13.6. The molecule has 24 heavy (non-hydrogen) atoms. The highest BCUT2D eigenvalue weighted by atomic mass is 16.3. The monoisotopic (exact) mass is 324 g/mol. The van der Waals surface area contributed by atoms with Gasteiger partial charge in [-0.3, -0.25) is 0 Å². The number of phenolic OH excluding ortho intramolecular Hbond substituents is 1. The van der Waals surface area contributed by atoms with E-state index in [2.05, 4.69) is 14.5 Å². The third-order valence-electron chi connectivity index (χ3n) is 4.92. The molecule has 2 heterocycles. The first-order valence-corrected chi connectivity index (χ1v) is 8.34. The molecule has 0 radical (unpaired) electrons. The zero-order chi connectivity index (χ0) is 16.5. The summed E-state index contributed by atoms with van der Waals surface area (Å²) in [5.41, 5.74) is 3.14. The average Bonchev–Trinajstić information content (AvgIpc) is 3.05. The van der Waals surface area contributed by atoms with Gasteiger partial charge in [-0.1, -0.05) is 0 Å². The van der Waals surface area contributed by atoms with Crippen molar-refractivity contribution in [1.82, 2.24) is 19.5 Å². The van der Waals surface area contributed by atoms with Crippen LogP contribution in [0.4, 0.5) is 0 Å². The first kappa shape index (κ1) is 15.1. The summed E-state index contributed by atoms with van der Waals surface area (Å²) in [6, 6.07) is 7.32. The van der Waals surface area contributed by atoms with Crippen molar-refractivity contribution < 1.29 is 10.2 Å². The number of hydrogen-bond acceptors (Lipinski definition) is 5. The second-order valence-corrected chi connectivity index (χ2v) is 6.46. The standard InChI is InChI=1S/C18H20N4O2/c23-10-12-1-5-14(6-2-12)22-11-20-17-18(22)21-16(9-19-17)13-3-7-15(24)8-4-13/h3-4,7-9,11-12,14,23-24H,1-2,5-6,10H2. The van der Waals surface area contributed by atoms with Crippen LogP contribution in [0.25, 0.3) is 22.6 Å². The van der Waals surface area contributed by atoms with Gasteiger partial charge in [0.2, 0.25) is 0 Å². The summed E-state index contributed by atoms with van der Waals surface area (Å²) < 4.78 is 2.12. The largest absolute Gasteiger partial charge is 0.508 e. The van der Waals surface area contributed by atoms with Crippen molar-refractivity contribution in [1.29, 1.82) is 0 Å². The van der Waals surface area contributed by atoms with E-state index in [0.717, 1.165) is 42.6 Å². The fourth-order valence-electron chi connectivity index (χ4n) is 3.45. The van der Waals surface area contributed by atoms with Crippen molar-refractivity contribution in [2.45, 2.75) is 31.7 Å². The van der Waals surface area contributed by atoms with Crippen molar-refractivity contribution in [3.8, 4) is 17.0 Å². The molecule has 6 nitrogen and oxygen atoms in total. The van der Waals surface area contributed by atoms with Crippen LogP contribution in [0.5, 0.6) is 5.75 Å². The van der Waals surface area contributed by atoms with E-state index in [1.54, 1.807) is 18.3 Å². The number of rotatable bonds is 3. The highest BCUT2D eigenvalue weighted by molar-refractivity contribution is 5.71. The Balaban J connectivity index is 1.67. The van der Waals surface area contributed by atoms with Crippen LogP contribution < -0.4 is 0 Å². The van der Waals surface area contributed by atoms with E-state index in [-0.39, 0.29) is 12.4 Å². The maximum Gasteiger partial charge on any atom is 0.197 e. The van der Waals surface area contributed by atoms with Crippen LogP contribution >= 0.6 is 0 Å². The van der Waals surface area contributed by atoms with Crippen molar-refractivity contribution in [3.05, 3.63) is 36.8 Å². The summed E-state index contributed by atoms with van der Waals surface area (Å²) in [6.07, 6.45) is 7.67. The predicted molar refractivity (Wildman–Crippen MR) is 90.5 cm³/mol. The van der Waals surface area contributed by atoms with Gasteiger partial charge in [-0.05, 0) is 55.9 Å². The minimum atomic E-state index is 0.235. The first-order valence-electron chi connectivity index (χ1n) is 8.34. The molecule has 124 valence electrons. The van der Waals surface area contributed by atoms with Gasteiger partial charge >= 0.3 is 0 Å².